The zero-order chi connectivity index (χ0) is 16.4. The van der Waals surface area contributed by atoms with E-state index in [-0.39, 0.29) is 17.6 Å². The van der Waals surface area contributed by atoms with Crippen LogP contribution in [0.4, 0.5) is 0 Å². The van der Waals surface area contributed by atoms with Gasteiger partial charge < -0.3 is 9.84 Å². The standard InChI is InChI=1S/C16H17N3O4/c1-2-23-16(22)11-6-8-12(9-7-11)19-14(10-4-3-5-10)13(15(20)21)17-18-19/h6-10H,2-5H2,1H3,(H,20,21). The summed E-state index contributed by atoms with van der Waals surface area (Å²) in [6, 6.07) is 6.71. The van der Waals surface area contributed by atoms with Crippen molar-refractivity contribution in [1.82, 2.24) is 15.0 Å². The summed E-state index contributed by atoms with van der Waals surface area (Å²) in [5.74, 6) is -1.29. The summed E-state index contributed by atoms with van der Waals surface area (Å²) in [6.07, 6.45) is 2.96. The fourth-order valence-corrected chi connectivity index (χ4v) is 2.63. The molecule has 1 aliphatic rings. The molecule has 120 valence electrons. The molecule has 1 N–H and O–H groups in total. The van der Waals surface area contributed by atoms with Crippen LogP contribution in [0.3, 0.4) is 0 Å². The van der Waals surface area contributed by atoms with E-state index in [1.165, 1.54) is 0 Å². The number of aromatic nitrogens is 3. The Morgan fingerprint density at radius 2 is 2.00 bits per heavy atom. The van der Waals surface area contributed by atoms with E-state index in [9.17, 15) is 14.7 Å². The van der Waals surface area contributed by atoms with Gasteiger partial charge in [-0.05, 0) is 44.0 Å². The van der Waals surface area contributed by atoms with Crippen molar-refractivity contribution in [3.63, 3.8) is 0 Å². The molecule has 1 fully saturated rings. The molecule has 0 bridgehead atoms. The normalized spacial score (nSPS) is 14.3. The monoisotopic (exact) mass is 315 g/mol. The Morgan fingerprint density at radius 1 is 1.30 bits per heavy atom. The Kier molecular flexibility index (Phi) is 4.10. The fraction of sp³-hybridized carbons (Fsp3) is 0.375. The number of carbonyl (C=O) groups is 2. The smallest absolute Gasteiger partial charge is 0.358 e. The number of hydrogen-bond acceptors (Lipinski definition) is 5. The second-order valence-electron chi connectivity index (χ2n) is 5.44. The molecule has 1 aromatic carbocycles. The van der Waals surface area contributed by atoms with Gasteiger partial charge in [-0.3, -0.25) is 0 Å². The molecule has 0 unspecified atom stereocenters. The van der Waals surface area contributed by atoms with E-state index in [2.05, 4.69) is 10.3 Å². The summed E-state index contributed by atoms with van der Waals surface area (Å²) < 4.78 is 6.50. The molecule has 2 aromatic rings. The van der Waals surface area contributed by atoms with Crippen molar-refractivity contribution in [2.45, 2.75) is 32.1 Å². The number of esters is 1. The third-order valence-corrected chi connectivity index (χ3v) is 4.02. The lowest BCUT2D eigenvalue weighted by Gasteiger charge is -2.26. The highest BCUT2D eigenvalue weighted by molar-refractivity contribution is 5.89. The van der Waals surface area contributed by atoms with Crippen molar-refractivity contribution < 1.29 is 19.4 Å². The van der Waals surface area contributed by atoms with Crippen molar-refractivity contribution >= 4 is 11.9 Å². The quantitative estimate of drug-likeness (QED) is 0.851. The van der Waals surface area contributed by atoms with Crippen LogP contribution in [-0.2, 0) is 4.74 Å². The lowest BCUT2D eigenvalue weighted by atomic mass is 9.82. The number of aromatic carboxylic acids is 1. The van der Waals surface area contributed by atoms with Crippen LogP contribution in [-0.4, -0.2) is 38.6 Å². The number of ether oxygens (including phenoxy) is 1. The first-order valence-corrected chi connectivity index (χ1v) is 7.58. The van der Waals surface area contributed by atoms with Gasteiger partial charge in [-0.1, -0.05) is 11.6 Å². The Morgan fingerprint density at radius 3 is 2.52 bits per heavy atom. The van der Waals surface area contributed by atoms with E-state index >= 15 is 0 Å². The largest absolute Gasteiger partial charge is 0.476 e. The van der Waals surface area contributed by atoms with E-state index in [4.69, 9.17) is 4.74 Å². The van der Waals surface area contributed by atoms with Crippen LogP contribution in [0.15, 0.2) is 24.3 Å². The van der Waals surface area contributed by atoms with Gasteiger partial charge in [0.15, 0.2) is 5.69 Å². The molecular formula is C16H17N3O4. The van der Waals surface area contributed by atoms with Gasteiger partial charge in [-0.2, -0.15) is 0 Å². The zero-order valence-corrected chi connectivity index (χ0v) is 12.7. The molecule has 1 aliphatic carbocycles. The van der Waals surface area contributed by atoms with Crippen molar-refractivity contribution in [3.8, 4) is 5.69 Å². The molecule has 1 heterocycles. The minimum Gasteiger partial charge on any atom is -0.476 e. The SMILES string of the molecule is CCOC(=O)c1ccc(-n2nnc(C(=O)O)c2C2CCC2)cc1. The third-order valence-electron chi connectivity index (χ3n) is 4.02. The number of carboxylic acids is 1. The molecule has 0 atom stereocenters. The highest BCUT2D eigenvalue weighted by atomic mass is 16.5. The number of carbonyl (C=O) groups excluding carboxylic acids is 1. The highest BCUT2D eigenvalue weighted by Crippen LogP contribution is 2.38. The minimum atomic E-state index is -1.07. The van der Waals surface area contributed by atoms with E-state index in [1.54, 1.807) is 35.9 Å². The molecule has 23 heavy (non-hydrogen) atoms. The number of rotatable bonds is 5. The van der Waals surface area contributed by atoms with E-state index in [0.717, 1.165) is 19.3 Å². The van der Waals surface area contributed by atoms with Gasteiger partial charge in [0.1, 0.15) is 0 Å². The summed E-state index contributed by atoms with van der Waals surface area (Å²) >= 11 is 0. The predicted octanol–water partition coefficient (Wildman–Crippen LogP) is 2.41. The maximum absolute atomic E-state index is 11.7. The van der Waals surface area contributed by atoms with Crippen LogP contribution in [0, 0.1) is 0 Å². The first kappa shape index (κ1) is 15.2. The van der Waals surface area contributed by atoms with Crippen LogP contribution in [0.5, 0.6) is 0 Å². The summed E-state index contributed by atoms with van der Waals surface area (Å²) in [5.41, 5.74) is 1.76. The van der Waals surface area contributed by atoms with Crippen LogP contribution in [0.1, 0.15) is 58.6 Å². The molecule has 0 amide bonds. The molecule has 3 rings (SSSR count). The molecule has 0 spiro atoms. The number of benzene rings is 1. The Hall–Kier alpha value is -2.70. The van der Waals surface area contributed by atoms with Gasteiger partial charge in [0.2, 0.25) is 0 Å². The molecule has 0 radical (unpaired) electrons. The predicted molar refractivity (Wildman–Crippen MR) is 80.9 cm³/mol. The Labute approximate surface area is 132 Å². The maximum atomic E-state index is 11.7. The summed E-state index contributed by atoms with van der Waals surface area (Å²) in [5, 5.41) is 17.1. The third kappa shape index (κ3) is 2.81. The van der Waals surface area contributed by atoms with Crippen molar-refractivity contribution in [3.05, 3.63) is 41.2 Å². The summed E-state index contributed by atoms with van der Waals surface area (Å²) in [4.78, 5) is 23.0. The van der Waals surface area contributed by atoms with E-state index < -0.39 is 5.97 Å². The van der Waals surface area contributed by atoms with Crippen LogP contribution < -0.4 is 0 Å². The van der Waals surface area contributed by atoms with Gasteiger partial charge in [0, 0.05) is 5.92 Å². The van der Waals surface area contributed by atoms with Gasteiger partial charge in [0.05, 0.1) is 23.6 Å². The lowest BCUT2D eigenvalue weighted by molar-refractivity contribution is 0.0526. The molecule has 0 aliphatic heterocycles. The average Bonchev–Trinajstić information content (AvgIpc) is 2.90. The fourth-order valence-electron chi connectivity index (χ4n) is 2.63. The van der Waals surface area contributed by atoms with Crippen molar-refractivity contribution in [2.24, 2.45) is 0 Å². The average molecular weight is 315 g/mol. The number of hydrogen-bond donors (Lipinski definition) is 1. The van der Waals surface area contributed by atoms with Gasteiger partial charge in [-0.25, -0.2) is 14.3 Å². The highest BCUT2D eigenvalue weighted by Gasteiger charge is 2.31. The molecule has 7 heteroatoms. The lowest BCUT2D eigenvalue weighted by Crippen LogP contribution is -2.17. The number of carboxylic acid groups (broad SMARTS) is 1. The van der Waals surface area contributed by atoms with Gasteiger partial charge >= 0.3 is 11.9 Å². The van der Waals surface area contributed by atoms with Gasteiger partial charge in [-0.15, -0.1) is 5.10 Å². The van der Waals surface area contributed by atoms with Crippen LogP contribution >= 0.6 is 0 Å². The van der Waals surface area contributed by atoms with Crippen molar-refractivity contribution in [1.29, 1.82) is 0 Å². The second-order valence-corrected chi connectivity index (χ2v) is 5.44. The number of nitrogens with zero attached hydrogens (tertiary/aromatic N) is 3. The molecular weight excluding hydrogens is 298 g/mol. The topological polar surface area (TPSA) is 94.3 Å². The van der Waals surface area contributed by atoms with Crippen LogP contribution in [0.25, 0.3) is 5.69 Å². The van der Waals surface area contributed by atoms with Crippen molar-refractivity contribution in [2.75, 3.05) is 6.61 Å². The molecule has 0 saturated heterocycles. The van der Waals surface area contributed by atoms with Crippen LogP contribution in [0.2, 0.25) is 0 Å². The Balaban J connectivity index is 1.95. The first-order chi connectivity index (χ1) is 11.1. The summed E-state index contributed by atoms with van der Waals surface area (Å²) in [7, 11) is 0. The summed E-state index contributed by atoms with van der Waals surface area (Å²) in [6.45, 7) is 2.07. The first-order valence-electron chi connectivity index (χ1n) is 7.58. The zero-order valence-electron chi connectivity index (χ0n) is 12.7. The molecule has 7 nitrogen and oxygen atoms in total. The second kappa shape index (κ2) is 6.20. The maximum Gasteiger partial charge on any atom is 0.358 e. The molecule has 1 saturated carbocycles. The van der Waals surface area contributed by atoms with E-state index in [0.29, 0.717) is 23.6 Å². The van der Waals surface area contributed by atoms with Gasteiger partial charge in [0.25, 0.3) is 0 Å². The minimum absolute atomic E-state index is 0.00386. The molecule has 1 aromatic heterocycles. The van der Waals surface area contributed by atoms with E-state index in [1.807, 2.05) is 0 Å². The Bertz CT molecular complexity index is 732.